The fraction of sp³-hybridized carbons (Fsp3) is 0.143. The van der Waals surface area contributed by atoms with E-state index >= 15 is 0 Å². The smallest absolute Gasteiger partial charge is 0.0105 e. The number of aryl methyl sites for hydroxylation is 1. The molecule has 0 heteroatoms. The lowest BCUT2D eigenvalue weighted by Gasteiger charge is -2.19. The van der Waals surface area contributed by atoms with Crippen molar-refractivity contribution < 1.29 is 0 Å². The first-order valence-electron chi connectivity index (χ1n) is 10.2. The number of hydrogen-bond acceptors (Lipinski definition) is 0. The van der Waals surface area contributed by atoms with Crippen molar-refractivity contribution in [1.29, 1.82) is 0 Å². The Morgan fingerprint density at radius 2 is 1.50 bits per heavy atom. The van der Waals surface area contributed by atoms with E-state index in [0.29, 0.717) is 5.92 Å². The molecular weight excluding hydrogens is 336 g/mol. The molecule has 1 aliphatic rings. The zero-order chi connectivity index (χ0) is 18.8. The van der Waals surface area contributed by atoms with Crippen molar-refractivity contribution in [2.24, 2.45) is 5.92 Å². The van der Waals surface area contributed by atoms with E-state index in [1.54, 1.807) is 0 Å². The van der Waals surface area contributed by atoms with Gasteiger partial charge in [0.2, 0.25) is 0 Å². The van der Waals surface area contributed by atoms with Crippen LogP contribution in [0, 0.1) is 5.92 Å². The van der Waals surface area contributed by atoms with Crippen molar-refractivity contribution in [1.82, 2.24) is 0 Å². The third-order valence-corrected chi connectivity index (χ3v) is 5.94. The minimum atomic E-state index is 0.646. The van der Waals surface area contributed by atoms with Gasteiger partial charge >= 0.3 is 0 Å². The van der Waals surface area contributed by atoms with Crippen molar-refractivity contribution >= 4 is 16.8 Å². The number of hydrogen-bond donors (Lipinski definition) is 0. The van der Waals surface area contributed by atoms with E-state index in [9.17, 15) is 0 Å². The minimum absolute atomic E-state index is 0.646. The summed E-state index contributed by atoms with van der Waals surface area (Å²) in [6.07, 6.45) is 8.20. The third kappa shape index (κ3) is 3.39. The second-order valence-electron chi connectivity index (χ2n) is 7.78. The molecule has 4 aromatic carbocycles. The molecule has 0 fully saturated rings. The number of rotatable bonds is 4. The van der Waals surface area contributed by atoms with E-state index in [1.807, 2.05) is 0 Å². The third-order valence-electron chi connectivity index (χ3n) is 5.94. The van der Waals surface area contributed by atoms with E-state index in [-0.39, 0.29) is 0 Å². The van der Waals surface area contributed by atoms with Gasteiger partial charge in [-0.2, -0.15) is 0 Å². The zero-order valence-electron chi connectivity index (χ0n) is 16.0. The van der Waals surface area contributed by atoms with Gasteiger partial charge in [0.25, 0.3) is 0 Å². The summed E-state index contributed by atoms with van der Waals surface area (Å²) in [4.78, 5) is 0. The van der Waals surface area contributed by atoms with Gasteiger partial charge in [0.15, 0.2) is 0 Å². The SMILES string of the molecule is C1=CC(CCc2ccc(-c3cccc4ccccc34)cc2)Cc2ccccc21. The molecule has 0 bridgehead atoms. The Kier molecular flexibility index (Phi) is 4.54. The topological polar surface area (TPSA) is 0 Å². The van der Waals surface area contributed by atoms with Gasteiger partial charge in [0, 0.05) is 0 Å². The molecule has 1 aliphatic carbocycles. The predicted octanol–water partition coefficient (Wildman–Crippen LogP) is 7.33. The molecule has 136 valence electrons. The Balaban J connectivity index is 1.30. The first-order valence-corrected chi connectivity index (χ1v) is 10.2. The molecule has 0 nitrogen and oxygen atoms in total. The van der Waals surface area contributed by atoms with Crippen molar-refractivity contribution in [3.8, 4) is 11.1 Å². The highest BCUT2D eigenvalue weighted by atomic mass is 14.2. The molecule has 0 radical (unpaired) electrons. The molecule has 0 heterocycles. The lowest BCUT2D eigenvalue weighted by atomic mass is 9.86. The largest absolute Gasteiger partial charge is 0.0805 e. The Labute approximate surface area is 167 Å². The number of fused-ring (bicyclic) bond motifs is 2. The Hall–Kier alpha value is -3.12. The van der Waals surface area contributed by atoms with Crippen molar-refractivity contribution in [2.75, 3.05) is 0 Å². The summed E-state index contributed by atoms with van der Waals surface area (Å²) < 4.78 is 0. The number of allylic oxidation sites excluding steroid dienone is 1. The Morgan fingerprint density at radius 3 is 2.43 bits per heavy atom. The standard InChI is InChI=1S/C28H24/c1-2-8-26-20-22(16-17-23(26)6-1)13-12-21-14-18-25(19-15-21)28-11-5-9-24-7-3-4-10-27(24)28/h1-11,14-19,22H,12-13,20H2. The van der Waals surface area contributed by atoms with E-state index in [1.165, 1.54) is 51.4 Å². The maximum atomic E-state index is 2.40. The molecule has 0 saturated heterocycles. The quantitative estimate of drug-likeness (QED) is 0.357. The summed E-state index contributed by atoms with van der Waals surface area (Å²) in [7, 11) is 0. The van der Waals surface area contributed by atoms with Crippen molar-refractivity contribution in [3.63, 3.8) is 0 Å². The maximum Gasteiger partial charge on any atom is -0.0105 e. The second kappa shape index (κ2) is 7.48. The highest BCUT2D eigenvalue weighted by molar-refractivity contribution is 5.96. The van der Waals surface area contributed by atoms with Gasteiger partial charge < -0.3 is 0 Å². The first kappa shape index (κ1) is 17.0. The fourth-order valence-corrected chi connectivity index (χ4v) is 4.35. The Bertz CT molecular complexity index is 1130. The van der Waals surface area contributed by atoms with Gasteiger partial charge in [-0.25, -0.2) is 0 Å². The van der Waals surface area contributed by atoms with Crippen LogP contribution in [0.4, 0.5) is 0 Å². The molecule has 0 N–H and O–H groups in total. The molecule has 0 spiro atoms. The van der Waals surface area contributed by atoms with Crippen molar-refractivity contribution in [3.05, 3.63) is 114 Å². The highest BCUT2D eigenvalue weighted by Gasteiger charge is 2.13. The van der Waals surface area contributed by atoms with Crippen LogP contribution >= 0.6 is 0 Å². The molecule has 0 saturated carbocycles. The molecular formula is C28H24. The molecule has 1 atom stereocenters. The monoisotopic (exact) mass is 360 g/mol. The fourth-order valence-electron chi connectivity index (χ4n) is 4.35. The van der Waals surface area contributed by atoms with Crippen LogP contribution in [0.15, 0.2) is 97.1 Å². The van der Waals surface area contributed by atoms with Gasteiger partial charge in [-0.1, -0.05) is 103 Å². The van der Waals surface area contributed by atoms with Gasteiger partial charge in [0.05, 0.1) is 0 Å². The van der Waals surface area contributed by atoms with Crippen LogP contribution in [0.25, 0.3) is 28.0 Å². The van der Waals surface area contributed by atoms with E-state index in [0.717, 1.165) is 6.42 Å². The van der Waals surface area contributed by atoms with Crippen LogP contribution < -0.4 is 0 Å². The minimum Gasteiger partial charge on any atom is -0.0805 e. The summed E-state index contributed by atoms with van der Waals surface area (Å²) >= 11 is 0. The summed E-state index contributed by atoms with van der Waals surface area (Å²) in [5, 5.41) is 2.62. The predicted molar refractivity (Wildman–Crippen MR) is 120 cm³/mol. The van der Waals surface area contributed by atoms with Gasteiger partial charge in [0.1, 0.15) is 0 Å². The second-order valence-corrected chi connectivity index (χ2v) is 7.78. The maximum absolute atomic E-state index is 2.40. The molecule has 0 amide bonds. The van der Waals surface area contributed by atoms with Crippen LogP contribution in [0.3, 0.4) is 0 Å². The van der Waals surface area contributed by atoms with E-state index < -0.39 is 0 Å². The van der Waals surface area contributed by atoms with Crippen LogP contribution in [0.1, 0.15) is 23.1 Å². The van der Waals surface area contributed by atoms with E-state index in [2.05, 4.69) is 103 Å². The lowest BCUT2D eigenvalue weighted by molar-refractivity contribution is 0.584. The zero-order valence-corrected chi connectivity index (χ0v) is 16.0. The summed E-state index contributed by atoms with van der Waals surface area (Å²) in [5.74, 6) is 0.646. The van der Waals surface area contributed by atoms with Gasteiger partial charge in [-0.3, -0.25) is 0 Å². The summed E-state index contributed by atoms with van der Waals surface area (Å²) in [6, 6.07) is 33.1. The van der Waals surface area contributed by atoms with Crippen LogP contribution in [-0.4, -0.2) is 0 Å². The van der Waals surface area contributed by atoms with Crippen molar-refractivity contribution in [2.45, 2.75) is 19.3 Å². The van der Waals surface area contributed by atoms with Gasteiger partial charge in [-0.15, -0.1) is 0 Å². The molecule has 28 heavy (non-hydrogen) atoms. The average Bonchev–Trinajstić information content (AvgIpc) is 2.77. The number of benzene rings is 4. The lowest BCUT2D eigenvalue weighted by Crippen LogP contribution is -2.08. The summed E-state index contributed by atoms with van der Waals surface area (Å²) in [5.41, 5.74) is 6.92. The van der Waals surface area contributed by atoms with E-state index in [4.69, 9.17) is 0 Å². The highest BCUT2D eigenvalue weighted by Crippen LogP contribution is 2.30. The summed E-state index contributed by atoms with van der Waals surface area (Å²) in [6.45, 7) is 0. The van der Waals surface area contributed by atoms with Gasteiger partial charge in [-0.05, 0) is 63.8 Å². The molecule has 1 unspecified atom stereocenters. The van der Waals surface area contributed by atoms with Crippen LogP contribution in [-0.2, 0) is 12.8 Å². The normalized spacial score (nSPS) is 15.5. The molecule has 0 aliphatic heterocycles. The molecule has 5 rings (SSSR count). The first-order chi connectivity index (χ1) is 13.9. The Morgan fingerprint density at radius 1 is 0.714 bits per heavy atom. The average molecular weight is 361 g/mol. The molecule has 0 aromatic heterocycles. The van der Waals surface area contributed by atoms with Crippen LogP contribution in [0.5, 0.6) is 0 Å². The molecule has 4 aromatic rings. The van der Waals surface area contributed by atoms with Crippen LogP contribution in [0.2, 0.25) is 0 Å².